The molecule has 2 aromatic carbocycles. The fraction of sp³-hybridized carbons (Fsp3) is 0.407. The van der Waals surface area contributed by atoms with Crippen LogP contribution in [0.2, 0.25) is 0 Å². The first-order chi connectivity index (χ1) is 16.5. The van der Waals surface area contributed by atoms with Crippen molar-refractivity contribution in [2.24, 2.45) is 5.92 Å². The van der Waals surface area contributed by atoms with Crippen LogP contribution in [0.15, 0.2) is 47.4 Å². The van der Waals surface area contributed by atoms with Crippen molar-refractivity contribution in [2.75, 3.05) is 20.8 Å². The second-order valence-electron chi connectivity index (χ2n) is 8.90. The Kier molecular flexibility index (Phi) is 7.83. The number of fused-ring (bicyclic) bond motifs is 1. The molecule has 0 aromatic heterocycles. The summed E-state index contributed by atoms with van der Waals surface area (Å²) in [6.07, 6.45) is 5.13. The number of thioether (sulfide) groups is 1. The SMILES string of the molecule is COc1ccc(/C=C2/SC3CCC(C(=O)NCCc4ccc(C)cc4)CC3NC2=O)cc1OC. The van der Waals surface area contributed by atoms with Gasteiger partial charge >= 0.3 is 0 Å². The van der Waals surface area contributed by atoms with Crippen molar-refractivity contribution >= 4 is 29.7 Å². The number of methoxy groups -OCH3 is 2. The highest BCUT2D eigenvalue weighted by atomic mass is 32.2. The number of hydrogen-bond acceptors (Lipinski definition) is 5. The smallest absolute Gasteiger partial charge is 0.257 e. The van der Waals surface area contributed by atoms with E-state index in [1.165, 1.54) is 11.1 Å². The molecule has 4 rings (SSSR count). The minimum atomic E-state index is -0.0820. The van der Waals surface area contributed by atoms with Gasteiger partial charge in [-0.1, -0.05) is 35.9 Å². The maximum atomic E-state index is 12.8. The van der Waals surface area contributed by atoms with E-state index in [1.54, 1.807) is 26.0 Å². The zero-order valence-corrected chi connectivity index (χ0v) is 20.7. The maximum Gasteiger partial charge on any atom is 0.257 e. The van der Waals surface area contributed by atoms with Crippen LogP contribution in [0.5, 0.6) is 11.5 Å². The summed E-state index contributed by atoms with van der Waals surface area (Å²) in [5, 5.41) is 6.52. The molecule has 6 nitrogen and oxygen atoms in total. The molecule has 34 heavy (non-hydrogen) atoms. The van der Waals surface area contributed by atoms with Gasteiger partial charge in [0.25, 0.3) is 5.91 Å². The van der Waals surface area contributed by atoms with Crippen molar-refractivity contribution in [3.63, 3.8) is 0 Å². The Morgan fingerprint density at radius 1 is 1.12 bits per heavy atom. The van der Waals surface area contributed by atoms with Crippen LogP contribution in [0.3, 0.4) is 0 Å². The third kappa shape index (κ3) is 5.76. The van der Waals surface area contributed by atoms with Crippen molar-refractivity contribution in [2.45, 2.75) is 43.9 Å². The number of benzene rings is 2. The van der Waals surface area contributed by atoms with Gasteiger partial charge in [0.1, 0.15) is 0 Å². The Hall–Kier alpha value is -2.93. The van der Waals surface area contributed by atoms with Gasteiger partial charge in [-0.25, -0.2) is 0 Å². The zero-order valence-electron chi connectivity index (χ0n) is 19.9. The molecule has 2 amide bonds. The van der Waals surface area contributed by atoms with Crippen LogP contribution in [0.1, 0.15) is 36.0 Å². The number of carbonyl (C=O) groups is 2. The average Bonchev–Trinajstić information content (AvgIpc) is 2.85. The molecule has 1 saturated heterocycles. The van der Waals surface area contributed by atoms with Crippen LogP contribution < -0.4 is 20.1 Å². The number of hydrogen-bond donors (Lipinski definition) is 2. The van der Waals surface area contributed by atoms with Gasteiger partial charge in [0, 0.05) is 23.8 Å². The van der Waals surface area contributed by atoms with Crippen molar-refractivity contribution in [3.05, 3.63) is 64.1 Å². The number of nitrogens with one attached hydrogen (secondary N) is 2. The minimum Gasteiger partial charge on any atom is -0.493 e. The largest absolute Gasteiger partial charge is 0.493 e. The molecule has 2 fully saturated rings. The lowest BCUT2D eigenvalue weighted by Crippen LogP contribution is -2.51. The second kappa shape index (κ2) is 11.0. The van der Waals surface area contributed by atoms with Crippen molar-refractivity contribution in [1.29, 1.82) is 0 Å². The number of aryl methyl sites for hydroxylation is 1. The first-order valence-corrected chi connectivity index (χ1v) is 12.6. The van der Waals surface area contributed by atoms with Crippen LogP contribution in [-0.2, 0) is 16.0 Å². The van der Waals surface area contributed by atoms with E-state index in [9.17, 15) is 9.59 Å². The minimum absolute atomic E-state index is 0.0154. The molecule has 0 radical (unpaired) electrons. The zero-order chi connectivity index (χ0) is 24.1. The summed E-state index contributed by atoms with van der Waals surface area (Å²) in [5.41, 5.74) is 3.34. The first-order valence-electron chi connectivity index (χ1n) is 11.7. The summed E-state index contributed by atoms with van der Waals surface area (Å²) in [6.45, 7) is 2.70. The Morgan fingerprint density at radius 3 is 2.62 bits per heavy atom. The van der Waals surface area contributed by atoms with Gasteiger partial charge in [0.2, 0.25) is 5.91 Å². The lowest BCUT2D eigenvalue weighted by Gasteiger charge is -2.39. The molecule has 7 heteroatoms. The predicted octanol–water partition coefficient (Wildman–Crippen LogP) is 4.11. The second-order valence-corrected chi connectivity index (χ2v) is 10.2. The molecule has 1 saturated carbocycles. The molecule has 180 valence electrons. The number of amides is 2. The van der Waals surface area contributed by atoms with Gasteiger partial charge in [-0.15, -0.1) is 11.8 Å². The Labute approximate surface area is 205 Å². The summed E-state index contributed by atoms with van der Waals surface area (Å²) >= 11 is 1.62. The normalized spacial score (nSPS) is 23.1. The molecule has 3 atom stereocenters. The average molecular weight is 481 g/mol. The lowest BCUT2D eigenvalue weighted by atomic mass is 9.84. The molecule has 3 unspecified atom stereocenters. The molecule has 1 heterocycles. The number of ether oxygens (including phenoxy) is 2. The monoisotopic (exact) mass is 480 g/mol. The van der Waals surface area contributed by atoms with Gasteiger partial charge < -0.3 is 20.1 Å². The third-order valence-corrected chi connectivity index (χ3v) is 7.94. The molecule has 1 aliphatic heterocycles. The fourth-order valence-corrected chi connectivity index (χ4v) is 5.85. The van der Waals surface area contributed by atoms with E-state index in [0.717, 1.165) is 24.8 Å². The van der Waals surface area contributed by atoms with Crippen LogP contribution in [-0.4, -0.2) is 43.9 Å². The lowest BCUT2D eigenvalue weighted by molar-refractivity contribution is -0.127. The molecule has 2 aliphatic rings. The molecule has 2 aromatic rings. The topological polar surface area (TPSA) is 76.7 Å². The summed E-state index contributed by atoms with van der Waals surface area (Å²) in [5.74, 6) is 1.24. The summed E-state index contributed by atoms with van der Waals surface area (Å²) in [7, 11) is 3.19. The molecule has 0 spiro atoms. The van der Waals surface area contributed by atoms with E-state index in [-0.39, 0.29) is 29.0 Å². The quantitative estimate of drug-likeness (QED) is 0.583. The van der Waals surface area contributed by atoms with Gasteiger partial charge in [-0.2, -0.15) is 0 Å². The van der Waals surface area contributed by atoms with Gasteiger partial charge in [0.15, 0.2) is 11.5 Å². The summed E-state index contributed by atoms with van der Waals surface area (Å²) < 4.78 is 10.7. The van der Waals surface area contributed by atoms with Crippen LogP contribution >= 0.6 is 11.8 Å². The Bertz CT molecular complexity index is 1070. The molecular formula is C27H32N2O4S. The highest BCUT2D eigenvalue weighted by molar-refractivity contribution is 8.04. The highest BCUT2D eigenvalue weighted by Gasteiger charge is 2.39. The maximum absolute atomic E-state index is 12.8. The molecule has 0 bridgehead atoms. The third-order valence-electron chi connectivity index (χ3n) is 6.52. The van der Waals surface area contributed by atoms with E-state index in [2.05, 4.69) is 41.8 Å². The van der Waals surface area contributed by atoms with Crippen LogP contribution in [0.25, 0.3) is 6.08 Å². The van der Waals surface area contributed by atoms with Gasteiger partial charge in [-0.3, -0.25) is 9.59 Å². The number of rotatable bonds is 7. The van der Waals surface area contributed by atoms with E-state index in [1.807, 2.05) is 24.3 Å². The van der Waals surface area contributed by atoms with Gasteiger partial charge in [-0.05, 0) is 61.9 Å². The van der Waals surface area contributed by atoms with Crippen LogP contribution in [0.4, 0.5) is 0 Å². The van der Waals surface area contributed by atoms with Gasteiger partial charge in [0.05, 0.1) is 19.1 Å². The van der Waals surface area contributed by atoms with Crippen molar-refractivity contribution in [3.8, 4) is 11.5 Å². The van der Waals surface area contributed by atoms with E-state index >= 15 is 0 Å². The van der Waals surface area contributed by atoms with E-state index in [4.69, 9.17) is 9.47 Å². The Morgan fingerprint density at radius 2 is 1.88 bits per heavy atom. The summed E-state index contributed by atoms with van der Waals surface area (Å²) in [4.78, 5) is 26.2. The van der Waals surface area contributed by atoms with Crippen molar-refractivity contribution < 1.29 is 19.1 Å². The molecule has 2 N–H and O–H groups in total. The first kappa shape index (κ1) is 24.2. The van der Waals surface area contributed by atoms with E-state index in [0.29, 0.717) is 29.4 Å². The Balaban J connectivity index is 1.32. The highest BCUT2D eigenvalue weighted by Crippen LogP contribution is 2.40. The molecule has 1 aliphatic carbocycles. The fourth-order valence-electron chi connectivity index (χ4n) is 4.55. The van der Waals surface area contributed by atoms with Crippen LogP contribution in [0, 0.1) is 12.8 Å². The summed E-state index contributed by atoms with van der Waals surface area (Å²) in [6, 6.07) is 14.0. The standard InChI is InChI=1S/C27H32N2O4S/c1-17-4-6-18(7-5-17)12-13-28-26(30)20-9-11-24-21(16-20)29-27(31)25(34-24)15-19-8-10-22(32-2)23(14-19)33-3/h4-8,10,14-15,20-21,24H,9,11-13,16H2,1-3H3,(H,28,30)(H,29,31)/b25-15+. The van der Waals surface area contributed by atoms with Crippen molar-refractivity contribution in [1.82, 2.24) is 10.6 Å². The molecular weight excluding hydrogens is 448 g/mol. The predicted molar refractivity (Wildman–Crippen MR) is 136 cm³/mol. The van der Waals surface area contributed by atoms with E-state index < -0.39 is 0 Å². The number of carbonyl (C=O) groups excluding carboxylic acids is 2.